The van der Waals surface area contributed by atoms with Gasteiger partial charge in [-0.15, -0.1) is 0 Å². The first-order chi connectivity index (χ1) is 13.5. The number of carbonyl (C=O) groups excluding carboxylic acids is 1. The molecule has 8 heteroatoms. The lowest BCUT2D eigenvalue weighted by atomic mass is 10.0. The van der Waals surface area contributed by atoms with Gasteiger partial charge in [0.05, 0.1) is 23.6 Å². The fourth-order valence-electron chi connectivity index (χ4n) is 2.96. The van der Waals surface area contributed by atoms with Crippen LogP contribution < -0.4 is 10.6 Å². The Morgan fingerprint density at radius 1 is 1.11 bits per heavy atom. The Morgan fingerprint density at radius 2 is 1.96 bits per heavy atom. The highest BCUT2D eigenvalue weighted by Crippen LogP contribution is 2.29. The van der Waals surface area contributed by atoms with Crippen molar-refractivity contribution in [1.29, 1.82) is 0 Å². The summed E-state index contributed by atoms with van der Waals surface area (Å²) < 4.78 is 16.3. The molecule has 0 unspecified atom stereocenters. The number of amides is 2. The van der Waals surface area contributed by atoms with Crippen LogP contribution in [0.2, 0.25) is 0 Å². The third kappa shape index (κ3) is 3.39. The van der Waals surface area contributed by atoms with E-state index >= 15 is 0 Å². The van der Waals surface area contributed by atoms with Gasteiger partial charge in [0.1, 0.15) is 11.6 Å². The number of anilines is 2. The molecule has 1 aromatic carbocycles. The fraction of sp³-hybridized carbons (Fsp3) is 0.100. The molecule has 2 amide bonds. The molecule has 7 nitrogen and oxygen atoms in total. The normalized spacial score (nSPS) is 10.8. The Labute approximate surface area is 160 Å². The van der Waals surface area contributed by atoms with E-state index in [-0.39, 0.29) is 5.69 Å². The molecule has 0 saturated heterocycles. The summed E-state index contributed by atoms with van der Waals surface area (Å²) in [6, 6.07) is 9.30. The maximum absolute atomic E-state index is 14.6. The number of urea groups is 1. The van der Waals surface area contributed by atoms with Crippen LogP contribution in [-0.2, 0) is 7.05 Å². The fourth-order valence-corrected chi connectivity index (χ4v) is 2.96. The summed E-state index contributed by atoms with van der Waals surface area (Å²) in [4.78, 5) is 20.5. The molecule has 3 heterocycles. The van der Waals surface area contributed by atoms with Gasteiger partial charge in [-0.1, -0.05) is 12.1 Å². The van der Waals surface area contributed by atoms with Gasteiger partial charge in [-0.05, 0) is 36.8 Å². The van der Waals surface area contributed by atoms with E-state index in [0.717, 1.165) is 22.2 Å². The van der Waals surface area contributed by atoms with Gasteiger partial charge in [0.2, 0.25) is 0 Å². The van der Waals surface area contributed by atoms with E-state index in [0.29, 0.717) is 11.4 Å². The SMILES string of the molecule is Cc1cccc(NC(=O)Nc2ccc(-c3cncc4c3cnn4C)cc2F)n1. The number of nitrogens with zero attached hydrogens (tertiary/aromatic N) is 4. The molecule has 0 fully saturated rings. The zero-order valence-electron chi connectivity index (χ0n) is 15.3. The van der Waals surface area contributed by atoms with Gasteiger partial charge >= 0.3 is 6.03 Å². The molecule has 4 rings (SSSR count). The number of aromatic nitrogens is 4. The van der Waals surface area contributed by atoms with Crippen molar-refractivity contribution >= 4 is 28.4 Å². The van der Waals surface area contributed by atoms with E-state index < -0.39 is 11.8 Å². The van der Waals surface area contributed by atoms with Crippen molar-refractivity contribution < 1.29 is 9.18 Å². The van der Waals surface area contributed by atoms with Gasteiger partial charge in [0, 0.05) is 29.9 Å². The van der Waals surface area contributed by atoms with Gasteiger partial charge in [0.25, 0.3) is 0 Å². The lowest BCUT2D eigenvalue weighted by Gasteiger charge is -2.10. The van der Waals surface area contributed by atoms with E-state index in [1.165, 1.54) is 12.1 Å². The third-order valence-electron chi connectivity index (χ3n) is 4.33. The molecule has 0 saturated carbocycles. The predicted molar refractivity (Wildman–Crippen MR) is 106 cm³/mol. The van der Waals surface area contributed by atoms with Gasteiger partial charge in [0.15, 0.2) is 0 Å². The van der Waals surface area contributed by atoms with Crippen molar-refractivity contribution in [1.82, 2.24) is 19.7 Å². The second kappa shape index (κ2) is 7.07. The van der Waals surface area contributed by atoms with Crippen LogP contribution in [0.15, 0.2) is 55.0 Å². The number of pyridine rings is 2. The van der Waals surface area contributed by atoms with Crippen LogP contribution in [-0.4, -0.2) is 25.8 Å². The Kier molecular flexibility index (Phi) is 4.44. The topological polar surface area (TPSA) is 84.7 Å². The van der Waals surface area contributed by atoms with Crippen LogP contribution in [0, 0.1) is 12.7 Å². The van der Waals surface area contributed by atoms with E-state index in [4.69, 9.17) is 0 Å². The molecule has 140 valence electrons. The number of rotatable bonds is 3. The maximum atomic E-state index is 14.6. The molecule has 2 N–H and O–H groups in total. The van der Waals surface area contributed by atoms with Crippen molar-refractivity contribution in [3.8, 4) is 11.1 Å². The highest BCUT2D eigenvalue weighted by atomic mass is 19.1. The first kappa shape index (κ1) is 17.6. The number of nitrogens with one attached hydrogen (secondary N) is 2. The summed E-state index contributed by atoms with van der Waals surface area (Å²) in [6.07, 6.45) is 5.10. The Balaban J connectivity index is 1.57. The molecule has 0 radical (unpaired) electrons. The minimum Gasteiger partial charge on any atom is -0.305 e. The van der Waals surface area contributed by atoms with Crippen molar-refractivity contribution in [3.63, 3.8) is 0 Å². The Hall–Kier alpha value is -3.81. The number of hydrogen-bond donors (Lipinski definition) is 2. The Morgan fingerprint density at radius 3 is 2.75 bits per heavy atom. The third-order valence-corrected chi connectivity index (χ3v) is 4.33. The average molecular weight is 376 g/mol. The first-order valence-corrected chi connectivity index (χ1v) is 8.58. The molecule has 3 aromatic heterocycles. The number of hydrogen-bond acceptors (Lipinski definition) is 4. The van der Waals surface area contributed by atoms with Gasteiger partial charge in [-0.25, -0.2) is 14.2 Å². The molecule has 0 bridgehead atoms. The monoisotopic (exact) mass is 376 g/mol. The largest absolute Gasteiger partial charge is 0.324 e. The van der Waals surface area contributed by atoms with Gasteiger partial charge < -0.3 is 5.32 Å². The summed E-state index contributed by atoms with van der Waals surface area (Å²) in [6.45, 7) is 1.82. The van der Waals surface area contributed by atoms with Crippen molar-refractivity contribution in [2.75, 3.05) is 10.6 Å². The molecule has 0 aliphatic heterocycles. The molecular formula is C20H17FN6O. The van der Waals surface area contributed by atoms with E-state index in [1.807, 2.05) is 20.0 Å². The average Bonchev–Trinajstić information content (AvgIpc) is 3.05. The molecule has 0 spiro atoms. The van der Waals surface area contributed by atoms with Gasteiger partial charge in [-0.2, -0.15) is 5.10 Å². The summed E-state index contributed by atoms with van der Waals surface area (Å²) in [7, 11) is 1.82. The number of fused-ring (bicyclic) bond motifs is 1. The maximum Gasteiger partial charge on any atom is 0.324 e. The summed E-state index contributed by atoms with van der Waals surface area (Å²) in [5.41, 5.74) is 3.11. The van der Waals surface area contributed by atoms with Crippen LogP contribution in [0.4, 0.5) is 20.7 Å². The number of benzene rings is 1. The van der Waals surface area contributed by atoms with Crippen LogP contribution in [0.3, 0.4) is 0 Å². The summed E-state index contributed by atoms with van der Waals surface area (Å²) in [5, 5.41) is 10.2. The first-order valence-electron chi connectivity index (χ1n) is 8.58. The molecule has 0 atom stereocenters. The molecule has 4 aromatic rings. The van der Waals surface area contributed by atoms with E-state index in [9.17, 15) is 9.18 Å². The highest BCUT2D eigenvalue weighted by Gasteiger charge is 2.12. The second-order valence-electron chi connectivity index (χ2n) is 6.33. The zero-order chi connectivity index (χ0) is 19.7. The molecule has 0 aliphatic carbocycles. The predicted octanol–water partition coefficient (Wildman–Crippen LogP) is 4.12. The van der Waals surface area contributed by atoms with Crippen molar-refractivity contribution in [3.05, 3.63) is 66.5 Å². The summed E-state index contributed by atoms with van der Waals surface area (Å²) in [5.74, 6) is -0.158. The van der Waals surface area contributed by atoms with Crippen LogP contribution in [0.1, 0.15) is 5.69 Å². The highest BCUT2D eigenvalue weighted by molar-refractivity contribution is 6.00. The molecule has 28 heavy (non-hydrogen) atoms. The van der Waals surface area contributed by atoms with E-state index in [2.05, 4.69) is 25.7 Å². The quantitative estimate of drug-likeness (QED) is 0.563. The smallest absolute Gasteiger partial charge is 0.305 e. The minimum absolute atomic E-state index is 0.0697. The Bertz CT molecular complexity index is 1190. The second-order valence-corrected chi connectivity index (χ2v) is 6.33. The molecular weight excluding hydrogens is 359 g/mol. The standard InChI is InChI=1S/C20H17FN6O/c1-12-4-3-5-19(24-12)26-20(28)25-17-7-6-13(8-16(17)21)14-9-22-11-18-15(14)10-23-27(18)2/h3-11H,1-2H3,(H2,24,25,26,28). The van der Waals surface area contributed by atoms with Crippen molar-refractivity contribution in [2.24, 2.45) is 7.05 Å². The van der Waals surface area contributed by atoms with Gasteiger partial charge in [-0.3, -0.25) is 15.0 Å². The van der Waals surface area contributed by atoms with Crippen LogP contribution in [0.25, 0.3) is 22.0 Å². The van der Waals surface area contributed by atoms with Crippen LogP contribution >= 0.6 is 0 Å². The van der Waals surface area contributed by atoms with Crippen molar-refractivity contribution in [2.45, 2.75) is 6.92 Å². The lowest BCUT2D eigenvalue weighted by molar-refractivity contribution is 0.262. The minimum atomic E-state index is -0.569. The number of aryl methyl sites for hydroxylation is 2. The number of halogens is 1. The summed E-state index contributed by atoms with van der Waals surface area (Å²) >= 11 is 0. The number of carbonyl (C=O) groups is 1. The lowest BCUT2D eigenvalue weighted by Crippen LogP contribution is -2.20. The van der Waals surface area contributed by atoms with Crippen LogP contribution in [0.5, 0.6) is 0 Å². The molecule has 0 aliphatic rings. The van der Waals surface area contributed by atoms with E-state index in [1.54, 1.807) is 41.5 Å². The zero-order valence-corrected chi connectivity index (χ0v) is 15.3.